The fourth-order valence-electron chi connectivity index (χ4n) is 3.67. The monoisotopic (exact) mass is 444 g/mol. The van der Waals surface area contributed by atoms with Gasteiger partial charge in [-0.25, -0.2) is 0 Å². The highest BCUT2D eigenvalue weighted by atomic mass is 32.2. The van der Waals surface area contributed by atoms with Crippen LogP contribution in [0.3, 0.4) is 0 Å². The van der Waals surface area contributed by atoms with Gasteiger partial charge < -0.3 is 18.9 Å². The quantitative estimate of drug-likeness (QED) is 0.455. The highest BCUT2D eigenvalue weighted by Crippen LogP contribution is 2.58. The number of benzene rings is 2. The van der Waals surface area contributed by atoms with E-state index >= 15 is 0 Å². The van der Waals surface area contributed by atoms with Crippen molar-refractivity contribution in [3.8, 4) is 17.2 Å². The van der Waals surface area contributed by atoms with Crippen LogP contribution in [0.25, 0.3) is 0 Å². The minimum atomic E-state index is -0.469. The van der Waals surface area contributed by atoms with Crippen molar-refractivity contribution in [1.29, 1.82) is 0 Å². The van der Waals surface area contributed by atoms with Crippen molar-refractivity contribution in [2.45, 2.75) is 75.9 Å². The largest absolute Gasteiger partial charge is 0.491 e. The summed E-state index contributed by atoms with van der Waals surface area (Å²) in [6.07, 6.45) is 0.110. The van der Waals surface area contributed by atoms with E-state index < -0.39 is 5.92 Å². The van der Waals surface area contributed by atoms with E-state index in [0.717, 1.165) is 27.5 Å². The molecule has 0 unspecified atom stereocenters. The van der Waals surface area contributed by atoms with Gasteiger partial charge in [0.2, 0.25) is 0 Å². The van der Waals surface area contributed by atoms with Gasteiger partial charge in [0.25, 0.3) is 0 Å². The molecule has 0 bridgehead atoms. The van der Waals surface area contributed by atoms with Crippen molar-refractivity contribution in [3.63, 3.8) is 0 Å². The second-order valence-electron chi connectivity index (χ2n) is 8.44. The molecule has 168 valence electrons. The van der Waals surface area contributed by atoms with Gasteiger partial charge in [-0.3, -0.25) is 4.79 Å². The summed E-state index contributed by atoms with van der Waals surface area (Å²) >= 11 is 1.64. The maximum Gasteiger partial charge on any atom is 0.314 e. The van der Waals surface area contributed by atoms with Gasteiger partial charge in [-0.1, -0.05) is 12.1 Å². The van der Waals surface area contributed by atoms with Crippen LogP contribution in [-0.4, -0.2) is 31.4 Å². The second-order valence-corrected chi connectivity index (χ2v) is 9.62. The van der Waals surface area contributed by atoms with Gasteiger partial charge in [0.05, 0.1) is 30.7 Å². The Balaban J connectivity index is 2.04. The van der Waals surface area contributed by atoms with Crippen LogP contribution in [0.4, 0.5) is 0 Å². The lowest BCUT2D eigenvalue weighted by atomic mass is 9.91. The first kappa shape index (κ1) is 23.3. The van der Waals surface area contributed by atoms with Crippen molar-refractivity contribution in [2.24, 2.45) is 0 Å². The van der Waals surface area contributed by atoms with Crippen LogP contribution in [0, 0.1) is 0 Å². The number of thioether (sulfide) groups is 1. The smallest absolute Gasteiger partial charge is 0.314 e. The summed E-state index contributed by atoms with van der Waals surface area (Å²) in [7, 11) is 1.43. The molecule has 0 radical (unpaired) electrons. The van der Waals surface area contributed by atoms with Crippen LogP contribution in [0.2, 0.25) is 0 Å². The Labute approximate surface area is 189 Å². The van der Waals surface area contributed by atoms with E-state index in [2.05, 4.69) is 0 Å². The average Bonchev–Trinajstić information content (AvgIpc) is 3.06. The maximum atomic E-state index is 12.9. The lowest BCUT2D eigenvalue weighted by Gasteiger charge is -2.21. The Morgan fingerprint density at radius 1 is 0.839 bits per heavy atom. The molecule has 1 aliphatic heterocycles. The van der Waals surface area contributed by atoms with Gasteiger partial charge in [-0.15, -0.1) is 11.8 Å². The first-order valence-corrected chi connectivity index (χ1v) is 11.6. The van der Waals surface area contributed by atoms with E-state index in [1.54, 1.807) is 11.8 Å². The molecule has 31 heavy (non-hydrogen) atoms. The molecule has 0 N–H and O–H groups in total. The topological polar surface area (TPSA) is 54.0 Å². The van der Waals surface area contributed by atoms with E-state index in [1.165, 1.54) is 7.11 Å². The number of carbonyl (C=O) groups excluding carboxylic acids is 1. The first-order chi connectivity index (χ1) is 14.7. The van der Waals surface area contributed by atoms with Crippen LogP contribution in [0.15, 0.2) is 41.3 Å². The van der Waals surface area contributed by atoms with E-state index in [1.807, 2.05) is 77.9 Å². The first-order valence-electron chi connectivity index (χ1n) is 10.7. The minimum Gasteiger partial charge on any atom is -0.491 e. The summed E-state index contributed by atoms with van der Waals surface area (Å²) in [5.41, 5.74) is 1.91. The fraction of sp³-hybridized carbons (Fsp3) is 0.480. The summed E-state index contributed by atoms with van der Waals surface area (Å²) < 4.78 is 23.1. The van der Waals surface area contributed by atoms with E-state index in [9.17, 15) is 4.79 Å². The Bertz CT molecular complexity index is 905. The summed E-state index contributed by atoms with van der Waals surface area (Å²) in [6, 6.07) is 11.8. The van der Waals surface area contributed by atoms with Crippen LogP contribution in [-0.2, 0) is 9.53 Å². The van der Waals surface area contributed by atoms with Crippen LogP contribution >= 0.6 is 11.8 Å². The normalized spacial score (nSPS) is 17.7. The number of methoxy groups -OCH3 is 1. The standard InChI is InChI=1S/C25H32O5S/c1-14(2)28-18-10-8-17(9-11-18)24-23(25(26)27-7)22-20(30-16(5)6)12-19(29-15(3)4)13-21(22)31-24/h8-16,23-24H,1-7H3/t23-,24+/m1/s1. The Kier molecular flexibility index (Phi) is 7.42. The van der Waals surface area contributed by atoms with E-state index in [0.29, 0.717) is 5.75 Å². The molecule has 1 heterocycles. The third-order valence-electron chi connectivity index (χ3n) is 4.72. The second kappa shape index (κ2) is 9.86. The van der Waals surface area contributed by atoms with Crippen LogP contribution in [0.1, 0.15) is 63.8 Å². The fourth-order valence-corrected chi connectivity index (χ4v) is 5.15. The van der Waals surface area contributed by atoms with Crippen molar-refractivity contribution < 1.29 is 23.7 Å². The van der Waals surface area contributed by atoms with Gasteiger partial charge in [-0.05, 0) is 65.3 Å². The zero-order chi connectivity index (χ0) is 22.7. The SMILES string of the molecule is COC(=O)[C@@H]1c2c(OC(C)C)cc(OC(C)C)cc2S[C@H]1c1ccc(OC(C)C)cc1. The van der Waals surface area contributed by atoms with Crippen LogP contribution < -0.4 is 14.2 Å². The average molecular weight is 445 g/mol. The molecule has 0 amide bonds. The highest BCUT2D eigenvalue weighted by Gasteiger charge is 2.43. The Morgan fingerprint density at radius 3 is 1.97 bits per heavy atom. The molecule has 0 spiro atoms. The predicted molar refractivity (Wildman–Crippen MR) is 124 cm³/mol. The van der Waals surface area contributed by atoms with Crippen molar-refractivity contribution in [1.82, 2.24) is 0 Å². The summed E-state index contributed by atoms with van der Waals surface area (Å²) in [5, 5.41) is -0.126. The van der Waals surface area contributed by atoms with Gasteiger partial charge in [0.15, 0.2) is 0 Å². The number of esters is 1. The molecular formula is C25H32O5S. The molecule has 2 aromatic carbocycles. The van der Waals surface area contributed by atoms with Gasteiger partial charge in [0.1, 0.15) is 23.2 Å². The molecule has 0 saturated heterocycles. The maximum absolute atomic E-state index is 12.9. The van der Waals surface area contributed by atoms with Crippen LogP contribution in [0.5, 0.6) is 17.2 Å². The molecule has 3 rings (SSSR count). The van der Waals surface area contributed by atoms with Gasteiger partial charge in [-0.2, -0.15) is 0 Å². The van der Waals surface area contributed by atoms with Crippen molar-refractivity contribution in [2.75, 3.05) is 7.11 Å². The molecular weight excluding hydrogens is 412 g/mol. The molecule has 0 saturated carbocycles. The minimum absolute atomic E-state index is 0.0341. The third-order valence-corrected chi connectivity index (χ3v) is 6.11. The molecule has 6 heteroatoms. The zero-order valence-electron chi connectivity index (χ0n) is 19.3. The molecule has 0 fully saturated rings. The Hall–Kier alpha value is -2.34. The number of rotatable bonds is 8. The number of ether oxygens (including phenoxy) is 4. The summed E-state index contributed by atoms with van der Waals surface area (Å²) in [5.74, 6) is 1.48. The highest BCUT2D eigenvalue weighted by molar-refractivity contribution is 8.00. The molecule has 0 aliphatic carbocycles. The molecule has 2 atom stereocenters. The summed E-state index contributed by atoms with van der Waals surface area (Å²) in [4.78, 5) is 13.9. The zero-order valence-corrected chi connectivity index (χ0v) is 20.1. The van der Waals surface area contributed by atoms with Gasteiger partial charge in [0, 0.05) is 16.5 Å². The molecule has 2 aromatic rings. The molecule has 5 nitrogen and oxygen atoms in total. The number of hydrogen-bond donors (Lipinski definition) is 0. The lowest BCUT2D eigenvalue weighted by molar-refractivity contribution is -0.142. The Morgan fingerprint density at radius 2 is 1.42 bits per heavy atom. The lowest BCUT2D eigenvalue weighted by Crippen LogP contribution is -2.19. The predicted octanol–water partition coefficient (Wildman–Crippen LogP) is 6.15. The number of hydrogen-bond acceptors (Lipinski definition) is 6. The molecule has 0 aromatic heterocycles. The number of carbonyl (C=O) groups is 1. The summed E-state index contributed by atoms with van der Waals surface area (Å²) in [6.45, 7) is 11.9. The third kappa shape index (κ3) is 5.48. The van der Waals surface area contributed by atoms with E-state index in [4.69, 9.17) is 18.9 Å². The number of fused-ring (bicyclic) bond motifs is 1. The van der Waals surface area contributed by atoms with E-state index in [-0.39, 0.29) is 29.5 Å². The molecule has 1 aliphatic rings. The van der Waals surface area contributed by atoms with Crippen molar-refractivity contribution >= 4 is 17.7 Å². The van der Waals surface area contributed by atoms with Crippen molar-refractivity contribution in [3.05, 3.63) is 47.5 Å². The van der Waals surface area contributed by atoms with Gasteiger partial charge >= 0.3 is 5.97 Å².